The van der Waals surface area contributed by atoms with Gasteiger partial charge in [0.25, 0.3) is 0 Å². The maximum Gasteiger partial charge on any atom is 0.168 e. The Morgan fingerprint density at radius 2 is 1.95 bits per heavy atom. The molecule has 4 heteroatoms. The second-order valence-corrected chi connectivity index (χ2v) is 4.73. The molecular weight excluding hydrogens is 260 g/mol. The molecule has 0 aliphatic heterocycles. The Balaban J connectivity index is 2.05. The molecule has 3 nitrogen and oxygen atoms in total. The number of hydrogen-bond donors (Lipinski definition) is 0. The highest BCUT2D eigenvalue weighted by Gasteiger charge is 2.11. The SMILES string of the molecule is O=Cc1c(Cc2ccc(Cl)cc2)nc2ccccn12. The third-order valence-corrected chi connectivity index (χ3v) is 3.29. The summed E-state index contributed by atoms with van der Waals surface area (Å²) in [5.74, 6) is 0. The van der Waals surface area contributed by atoms with Gasteiger partial charge in [0.15, 0.2) is 6.29 Å². The Bertz CT molecular complexity index is 731. The van der Waals surface area contributed by atoms with Gasteiger partial charge in [-0.3, -0.25) is 9.20 Å². The lowest BCUT2D eigenvalue weighted by atomic mass is 10.1. The van der Waals surface area contributed by atoms with Crippen molar-refractivity contribution in [2.75, 3.05) is 0 Å². The van der Waals surface area contributed by atoms with Crippen LogP contribution in [0.5, 0.6) is 0 Å². The van der Waals surface area contributed by atoms with Gasteiger partial charge in [0, 0.05) is 17.6 Å². The minimum Gasteiger partial charge on any atom is -0.297 e. The van der Waals surface area contributed by atoms with Crippen molar-refractivity contribution in [1.29, 1.82) is 0 Å². The van der Waals surface area contributed by atoms with Gasteiger partial charge in [-0.05, 0) is 29.8 Å². The minimum atomic E-state index is 0.602. The van der Waals surface area contributed by atoms with E-state index >= 15 is 0 Å². The summed E-state index contributed by atoms with van der Waals surface area (Å²) in [6.07, 6.45) is 3.32. The second kappa shape index (κ2) is 4.86. The van der Waals surface area contributed by atoms with Crippen molar-refractivity contribution in [2.45, 2.75) is 6.42 Å². The van der Waals surface area contributed by atoms with E-state index in [1.165, 1.54) is 0 Å². The zero-order chi connectivity index (χ0) is 13.2. The highest BCUT2D eigenvalue weighted by Crippen LogP contribution is 2.17. The van der Waals surface area contributed by atoms with E-state index in [-0.39, 0.29) is 0 Å². The Morgan fingerprint density at radius 1 is 1.16 bits per heavy atom. The fourth-order valence-electron chi connectivity index (χ4n) is 2.11. The number of halogens is 1. The van der Waals surface area contributed by atoms with E-state index in [1.807, 2.05) is 48.7 Å². The largest absolute Gasteiger partial charge is 0.297 e. The molecule has 0 fully saturated rings. The lowest BCUT2D eigenvalue weighted by Gasteiger charge is -1.99. The molecule has 0 aliphatic carbocycles. The predicted octanol–water partition coefficient (Wildman–Crippen LogP) is 3.39. The van der Waals surface area contributed by atoms with Crippen LogP contribution in [0.15, 0.2) is 48.7 Å². The molecule has 19 heavy (non-hydrogen) atoms. The number of pyridine rings is 1. The number of aldehydes is 1. The van der Waals surface area contributed by atoms with Crippen molar-refractivity contribution >= 4 is 23.5 Å². The Hall–Kier alpha value is -2.13. The van der Waals surface area contributed by atoms with Gasteiger partial charge >= 0.3 is 0 Å². The first-order chi connectivity index (χ1) is 9.28. The van der Waals surface area contributed by atoms with Crippen LogP contribution < -0.4 is 0 Å². The van der Waals surface area contributed by atoms with Gasteiger partial charge in [0.2, 0.25) is 0 Å². The van der Waals surface area contributed by atoms with E-state index < -0.39 is 0 Å². The van der Waals surface area contributed by atoms with Crippen LogP contribution >= 0.6 is 11.6 Å². The van der Waals surface area contributed by atoms with Crippen LogP contribution in [0.1, 0.15) is 21.7 Å². The number of nitrogens with zero attached hydrogens (tertiary/aromatic N) is 2. The molecule has 0 unspecified atom stereocenters. The van der Waals surface area contributed by atoms with Gasteiger partial charge in [0.05, 0.1) is 5.69 Å². The molecule has 0 atom stereocenters. The van der Waals surface area contributed by atoms with Gasteiger partial charge in [-0.15, -0.1) is 0 Å². The molecule has 94 valence electrons. The number of hydrogen-bond acceptors (Lipinski definition) is 2. The van der Waals surface area contributed by atoms with E-state index in [4.69, 9.17) is 11.6 Å². The molecule has 0 amide bonds. The number of carbonyl (C=O) groups is 1. The molecule has 3 aromatic rings. The lowest BCUT2D eigenvalue weighted by molar-refractivity contribution is 0.111. The van der Waals surface area contributed by atoms with Crippen molar-refractivity contribution in [3.05, 3.63) is 70.6 Å². The smallest absolute Gasteiger partial charge is 0.168 e. The molecule has 0 saturated carbocycles. The van der Waals surface area contributed by atoms with Gasteiger partial charge < -0.3 is 0 Å². The Morgan fingerprint density at radius 3 is 2.68 bits per heavy atom. The monoisotopic (exact) mass is 270 g/mol. The van der Waals surface area contributed by atoms with Gasteiger partial charge in [-0.1, -0.05) is 29.8 Å². The third kappa shape index (κ3) is 2.25. The molecule has 2 heterocycles. The highest BCUT2D eigenvalue weighted by atomic mass is 35.5. The maximum atomic E-state index is 11.3. The minimum absolute atomic E-state index is 0.602. The fourth-order valence-corrected chi connectivity index (χ4v) is 2.24. The summed E-state index contributed by atoms with van der Waals surface area (Å²) in [5, 5.41) is 0.703. The maximum absolute atomic E-state index is 11.3. The number of rotatable bonds is 3. The quantitative estimate of drug-likeness (QED) is 0.684. The summed E-state index contributed by atoms with van der Waals surface area (Å²) < 4.78 is 1.80. The predicted molar refractivity (Wildman–Crippen MR) is 74.8 cm³/mol. The first kappa shape index (κ1) is 11.9. The van der Waals surface area contributed by atoms with E-state index in [2.05, 4.69) is 4.98 Å². The van der Waals surface area contributed by atoms with Gasteiger partial charge in [-0.25, -0.2) is 4.98 Å². The van der Waals surface area contributed by atoms with Crippen LogP contribution in [0.3, 0.4) is 0 Å². The molecule has 0 saturated heterocycles. The van der Waals surface area contributed by atoms with Crippen LogP contribution in [0.2, 0.25) is 5.02 Å². The van der Waals surface area contributed by atoms with Gasteiger partial charge in [0.1, 0.15) is 11.3 Å². The van der Waals surface area contributed by atoms with E-state index in [1.54, 1.807) is 4.40 Å². The molecule has 2 aromatic heterocycles. The van der Waals surface area contributed by atoms with Crippen LogP contribution in [0.4, 0.5) is 0 Å². The van der Waals surface area contributed by atoms with Gasteiger partial charge in [-0.2, -0.15) is 0 Å². The zero-order valence-corrected chi connectivity index (χ0v) is 10.8. The first-order valence-corrected chi connectivity index (χ1v) is 6.31. The van der Waals surface area contributed by atoms with Crippen molar-refractivity contribution in [1.82, 2.24) is 9.38 Å². The highest BCUT2D eigenvalue weighted by molar-refractivity contribution is 6.30. The van der Waals surface area contributed by atoms with E-state index in [9.17, 15) is 4.79 Å². The average Bonchev–Trinajstić information content (AvgIpc) is 2.78. The number of carbonyl (C=O) groups excluding carboxylic acids is 1. The normalized spacial score (nSPS) is 10.8. The van der Waals surface area contributed by atoms with Crippen LogP contribution in [-0.2, 0) is 6.42 Å². The summed E-state index contributed by atoms with van der Waals surface area (Å²) in [4.78, 5) is 15.8. The summed E-state index contributed by atoms with van der Waals surface area (Å²) >= 11 is 5.86. The number of benzene rings is 1. The second-order valence-electron chi connectivity index (χ2n) is 4.29. The summed E-state index contributed by atoms with van der Waals surface area (Å²) in [6, 6.07) is 13.2. The molecule has 0 radical (unpaired) electrons. The van der Waals surface area contributed by atoms with Crippen molar-refractivity contribution in [3.8, 4) is 0 Å². The van der Waals surface area contributed by atoms with Crippen molar-refractivity contribution in [3.63, 3.8) is 0 Å². The lowest BCUT2D eigenvalue weighted by Crippen LogP contribution is -1.96. The summed E-state index contributed by atoms with van der Waals surface area (Å²) in [5.41, 5.74) is 3.25. The Labute approximate surface area is 115 Å². The van der Waals surface area contributed by atoms with Crippen LogP contribution in [-0.4, -0.2) is 15.7 Å². The molecular formula is C15H11ClN2O. The molecule has 0 N–H and O–H groups in total. The summed E-state index contributed by atoms with van der Waals surface area (Å²) in [6.45, 7) is 0. The number of fused-ring (bicyclic) bond motifs is 1. The zero-order valence-electron chi connectivity index (χ0n) is 10.1. The van der Waals surface area contributed by atoms with Crippen LogP contribution in [0.25, 0.3) is 5.65 Å². The standard InChI is InChI=1S/C15H11ClN2O/c16-12-6-4-11(5-7-12)9-13-14(10-19)18-8-2-1-3-15(18)17-13/h1-8,10H,9H2. The average molecular weight is 271 g/mol. The topological polar surface area (TPSA) is 34.4 Å². The van der Waals surface area contributed by atoms with E-state index in [0.29, 0.717) is 17.1 Å². The fraction of sp³-hybridized carbons (Fsp3) is 0.0667. The summed E-state index contributed by atoms with van der Waals surface area (Å²) in [7, 11) is 0. The molecule has 0 aliphatic rings. The van der Waals surface area contributed by atoms with Crippen molar-refractivity contribution < 1.29 is 4.79 Å². The van der Waals surface area contributed by atoms with Crippen LogP contribution in [0, 0.1) is 0 Å². The third-order valence-electron chi connectivity index (χ3n) is 3.04. The molecule has 0 spiro atoms. The Kier molecular flexibility index (Phi) is 3.05. The van der Waals surface area contributed by atoms with E-state index in [0.717, 1.165) is 23.2 Å². The number of imidazole rings is 1. The molecule has 0 bridgehead atoms. The molecule has 3 rings (SSSR count). The molecule has 1 aromatic carbocycles. The number of aromatic nitrogens is 2. The first-order valence-electron chi connectivity index (χ1n) is 5.93. The van der Waals surface area contributed by atoms with Crippen molar-refractivity contribution in [2.24, 2.45) is 0 Å².